The fraction of sp³-hybridized carbons (Fsp3) is 0.632. The van der Waals surface area contributed by atoms with E-state index in [0.29, 0.717) is 12.3 Å². The Bertz CT molecular complexity index is 612. The zero-order chi connectivity index (χ0) is 18.8. The van der Waals surface area contributed by atoms with E-state index in [1.807, 2.05) is 6.07 Å². The smallest absolute Gasteiger partial charge is 0.317 e. The van der Waals surface area contributed by atoms with Gasteiger partial charge in [-0.1, -0.05) is 6.07 Å². The van der Waals surface area contributed by atoms with Crippen LogP contribution in [0.25, 0.3) is 0 Å². The van der Waals surface area contributed by atoms with E-state index in [-0.39, 0.29) is 28.9 Å². The van der Waals surface area contributed by atoms with E-state index >= 15 is 0 Å². The Kier molecular flexibility index (Phi) is 5.52. The van der Waals surface area contributed by atoms with Crippen molar-refractivity contribution < 1.29 is 14.6 Å². The Morgan fingerprint density at radius 1 is 1.32 bits per heavy atom. The van der Waals surface area contributed by atoms with Crippen molar-refractivity contribution in [3.63, 3.8) is 0 Å². The van der Waals surface area contributed by atoms with Crippen molar-refractivity contribution in [1.29, 1.82) is 0 Å². The third-order valence-corrected chi connectivity index (χ3v) is 4.53. The Balaban J connectivity index is 1.97. The average molecular weight is 349 g/mol. The van der Waals surface area contributed by atoms with Gasteiger partial charge < -0.3 is 25.4 Å². The molecule has 0 aliphatic carbocycles. The normalized spacial score (nSPS) is 19.3. The van der Waals surface area contributed by atoms with Gasteiger partial charge in [-0.25, -0.2) is 4.79 Å². The highest BCUT2D eigenvalue weighted by atomic mass is 16.5. The van der Waals surface area contributed by atoms with Crippen LogP contribution in [-0.2, 0) is 6.54 Å². The molecule has 0 bridgehead atoms. The van der Waals surface area contributed by atoms with Gasteiger partial charge in [0.2, 0.25) is 0 Å². The first-order valence-electron chi connectivity index (χ1n) is 8.68. The van der Waals surface area contributed by atoms with Gasteiger partial charge in [0.25, 0.3) is 0 Å². The molecule has 3 N–H and O–H groups in total. The molecule has 0 radical (unpaired) electrons. The van der Waals surface area contributed by atoms with Crippen LogP contribution in [0.2, 0.25) is 0 Å². The molecule has 0 spiro atoms. The third kappa shape index (κ3) is 5.26. The molecule has 6 nitrogen and oxygen atoms in total. The second kappa shape index (κ2) is 7.12. The monoisotopic (exact) mass is 349 g/mol. The lowest BCUT2D eigenvalue weighted by atomic mass is 9.80. The topological polar surface area (TPSA) is 73.8 Å². The quantitative estimate of drug-likeness (QED) is 0.781. The van der Waals surface area contributed by atoms with E-state index in [0.717, 1.165) is 18.4 Å². The summed E-state index contributed by atoms with van der Waals surface area (Å²) in [5, 5.41) is 16.6. The molecule has 0 unspecified atom stereocenters. The van der Waals surface area contributed by atoms with E-state index < -0.39 is 0 Å². The van der Waals surface area contributed by atoms with Crippen molar-refractivity contribution in [2.24, 2.45) is 0 Å². The van der Waals surface area contributed by atoms with E-state index in [4.69, 9.17) is 4.74 Å². The molecule has 6 heteroatoms. The van der Waals surface area contributed by atoms with Crippen LogP contribution < -0.4 is 15.4 Å². The molecule has 1 aromatic rings. The number of ether oxygens (including phenoxy) is 1. The third-order valence-electron chi connectivity index (χ3n) is 4.53. The van der Waals surface area contributed by atoms with E-state index in [1.165, 1.54) is 7.11 Å². The van der Waals surface area contributed by atoms with Crippen molar-refractivity contribution in [1.82, 2.24) is 15.5 Å². The van der Waals surface area contributed by atoms with Crippen molar-refractivity contribution in [3.05, 3.63) is 23.8 Å². The number of hydrogen-bond donors (Lipinski definition) is 3. The van der Waals surface area contributed by atoms with Gasteiger partial charge in [0.15, 0.2) is 11.5 Å². The summed E-state index contributed by atoms with van der Waals surface area (Å²) in [6.45, 7) is 9.07. The molecule has 0 saturated carbocycles. The first kappa shape index (κ1) is 19.4. The lowest BCUT2D eigenvalue weighted by Gasteiger charge is -2.46. The molecule has 0 aromatic heterocycles. The van der Waals surface area contributed by atoms with Gasteiger partial charge in [0.1, 0.15) is 0 Å². The van der Waals surface area contributed by atoms with Crippen LogP contribution >= 0.6 is 0 Å². The van der Waals surface area contributed by atoms with Crippen LogP contribution in [0.5, 0.6) is 11.5 Å². The summed E-state index contributed by atoms with van der Waals surface area (Å²) in [7, 11) is 3.27. The number of rotatable bonds is 4. The van der Waals surface area contributed by atoms with Gasteiger partial charge in [0, 0.05) is 30.7 Å². The minimum atomic E-state index is -0.103. The number of phenols is 1. The highest BCUT2D eigenvalue weighted by Gasteiger charge is 2.38. The van der Waals surface area contributed by atoms with Gasteiger partial charge in [-0.05, 0) is 58.2 Å². The molecule has 0 atom stereocenters. The minimum Gasteiger partial charge on any atom is -0.504 e. The number of amides is 2. The number of phenolic OH excluding ortho intramolecular Hbond substituents is 1. The first-order valence-corrected chi connectivity index (χ1v) is 8.68. The summed E-state index contributed by atoms with van der Waals surface area (Å²) >= 11 is 0. The maximum atomic E-state index is 12.6. The summed E-state index contributed by atoms with van der Waals surface area (Å²) in [6.07, 6.45) is 1.78. The zero-order valence-electron chi connectivity index (χ0n) is 16.1. The molecule has 1 aromatic carbocycles. The molecule has 25 heavy (non-hydrogen) atoms. The zero-order valence-corrected chi connectivity index (χ0v) is 16.1. The fourth-order valence-corrected chi connectivity index (χ4v) is 3.89. The summed E-state index contributed by atoms with van der Waals surface area (Å²) in [5.74, 6) is 0.505. The Morgan fingerprint density at radius 3 is 2.44 bits per heavy atom. The van der Waals surface area contributed by atoms with Crippen LogP contribution in [0.3, 0.4) is 0 Å². The van der Waals surface area contributed by atoms with Crippen LogP contribution in [0.1, 0.15) is 46.1 Å². The number of nitrogens with zero attached hydrogens (tertiary/aromatic N) is 1. The minimum absolute atomic E-state index is 0.0138. The second-order valence-corrected chi connectivity index (χ2v) is 8.31. The van der Waals surface area contributed by atoms with Crippen LogP contribution in [0.15, 0.2) is 18.2 Å². The molecule has 2 amide bonds. The largest absolute Gasteiger partial charge is 0.504 e. The van der Waals surface area contributed by atoms with Crippen molar-refractivity contribution >= 4 is 6.03 Å². The summed E-state index contributed by atoms with van der Waals surface area (Å²) in [6, 6.07) is 5.20. The predicted molar refractivity (Wildman–Crippen MR) is 99.0 cm³/mol. The van der Waals surface area contributed by atoms with Crippen molar-refractivity contribution in [2.45, 2.75) is 64.2 Å². The number of nitrogens with one attached hydrogen (secondary N) is 2. The van der Waals surface area contributed by atoms with Crippen LogP contribution in [0, 0.1) is 0 Å². The Hall–Kier alpha value is -1.95. The number of benzene rings is 1. The average Bonchev–Trinajstić information content (AvgIpc) is 2.43. The van der Waals surface area contributed by atoms with Crippen LogP contribution in [-0.4, -0.2) is 47.3 Å². The standard InChI is InChI=1S/C19H31N3O3/c1-18(2)10-14(11-19(3,4)21-18)20-17(24)22(5)12-13-7-8-16(25-6)15(23)9-13/h7-9,14,21,23H,10-12H2,1-6H3,(H,20,24). The SMILES string of the molecule is COc1ccc(CN(C)C(=O)NC2CC(C)(C)NC(C)(C)C2)cc1O. The number of piperidine rings is 1. The number of methoxy groups -OCH3 is 1. The fourth-order valence-electron chi connectivity index (χ4n) is 3.89. The molecule has 2 rings (SSSR count). The lowest BCUT2D eigenvalue weighted by Crippen LogP contribution is -2.62. The number of carbonyl (C=O) groups excluding carboxylic acids is 1. The molecule has 1 aliphatic heterocycles. The number of urea groups is 1. The van der Waals surface area contributed by atoms with Crippen molar-refractivity contribution in [2.75, 3.05) is 14.2 Å². The summed E-state index contributed by atoms with van der Waals surface area (Å²) in [4.78, 5) is 14.2. The maximum absolute atomic E-state index is 12.6. The number of hydrogen-bond acceptors (Lipinski definition) is 4. The van der Waals surface area contributed by atoms with E-state index in [2.05, 4.69) is 38.3 Å². The Morgan fingerprint density at radius 2 is 1.92 bits per heavy atom. The molecule has 1 heterocycles. The van der Waals surface area contributed by atoms with Crippen molar-refractivity contribution in [3.8, 4) is 11.5 Å². The number of carbonyl (C=O) groups is 1. The van der Waals surface area contributed by atoms with Crippen LogP contribution in [0.4, 0.5) is 4.79 Å². The highest BCUT2D eigenvalue weighted by molar-refractivity contribution is 5.74. The van der Waals surface area contributed by atoms with Gasteiger partial charge in [-0.2, -0.15) is 0 Å². The molecular weight excluding hydrogens is 318 g/mol. The molecule has 1 aliphatic rings. The second-order valence-electron chi connectivity index (χ2n) is 8.31. The predicted octanol–water partition coefficient (Wildman–Crippen LogP) is 2.85. The lowest BCUT2D eigenvalue weighted by molar-refractivity contribution is 0.140. The first-order chi connectivity index (χ1) is 11.5. The van der Waals surface area contributed by atoms with Gasteiger partial charge in [-0.3, -0.25) is 0 Å². The van der Waals surface area contributed by atoms with Gasteiger partial charge in [0.05, 0.1) is 7.11 Å². The van der Waals surface area contributed by atoms with Gasteiger partial charge >= 0.3 is 6.03 Å². The summed E-state index contributed by atoms with van der Waals surface area (Å²) < 4.78 is 5.04. The highest BCUT2D eigenvalue weighted by Crippen LogP contribution is 2.29. The molecule has 1 saturated heterocycles. The Labute approximate surface area is 150 Å². The maximum Gasteiger partial charge on any atom is 0.317 e. The molecule has 1 fully saturated rings. The molecular formula is C19H31N3O3. The molecule has 140 valence electrons. The number of aromatic hydroxyl groups is 1. The van der Waals surface area contributed by atoms with E-state index in [1.54, 1.807) is 24.1 Å². The van der Waals surface area contributed by atoms with Gasteiger partial charge in [-0.15, -0.1) is 0 Å². The summed E-state index contributed by atoms with van der Waals surface area (Å²) in [5.41, 5.74) is 0.821. The van der Waals surface area contributed by atoms with E-state index in [9.17, 15) is 9.90 Å².